The number of methoxy groups -OCH3 is 1. The van der Waals surface area contributed by atoms with E-state index >= 15 is 0 Å². The predicted octanol–water partition coefficient (Wildman–Crippen LogP) is 0.0940. The van der Waals surface area contributed by atoms with Crippen LogP contribution in [0.5, 0.6) is 0 Å². The third kappa shape index (κ3) is 7.23. The first-order valence-electron chi connectivity index (χ1n) is 7.46. The zero-order valence-electron chi connectivity index (χ0n) is 13.1. The van der Waals surface area contributed by atoms with E-state index < -0.39 is 10.0 Å². The molecule has 1 amide bonds. The number of nitrogens with two attached hydrogens (primary N) is 1. The normalized spacial score (nSPS) is 19.5. The maximum absolute atomic E-state index is 12.4. The molecule has 1 fully saturated rings. The van der Waals surface area contributed by atoms with Gasteiger partial charge in [0.05, 0.1) is 5.75 Å². The summed E-state index contributed by atoms with van der Waals surface area (Å²) >= 11 is 0. The molecule has 0 aromatic heterocycles. The number of halogens is 1. The van der Waals surface area contributed by atoms with E-state index in [4.69, 9.17) is 10.5 Å². The second-order valence-corrected chi connectivity index (χ2v) is 7.31. The quantitative estimate of drug-likeness (QED) is 0.569. The van der Waals surface area contributed by atoms with Crippen molar-refractivity contribution in [3.05, 3.63) is 0 Å². The number of amides is 1. The van der Waals surface area contributed by atoms with E-state index in [0.29, 0.717) is 32.7 Å². The molecular weight excluding hydrogens is 330 g/mol. The number of rotatable bonds is 9. The molecule has 0 aromatic carbocycles. The van der Waals surface area contributed by atoms with Crippen LogP contribution in [-0.4, -0.2) is 63.8 Å². The Balaban J connectivity index is 0.00000441. The molecule has 9 heteroatoms. The lowest BCUT2D eigenvalue weighted by Crippen LogP contribution is -2.50. The number of nitrogens with one attached hydrogen (secondary N) is 1. The highest BCUT2D eigenvalue weighted by Gasteiger charge is 2.31. The lowest BCUT2D eigenvalue weighted by atomic mass is 10.1. The standard InChI is InChI=1S/C13H27N3O4S.ClH/c1-20-9-4-10-21(18,19)16-8-3-2-5-12(16)11-15-13(17)6-7-14;/h12H,2-11,14H2,1H3,(H,15,17);1H. The van der Waals surface area contributed by atoms with Crippen molar-refractivity contribution >= 4 is 28.3 Å². The fourth-order valence-corrected chi connectivity index (χ4v) is 4.26. The SMILES string of the molecule is COCCCS(=O)(=O)N1CCCCC1CNC(=O)CCN.Cl. The highest BCUT2D eigenvalue weighted by molar-refractivity contribution is 7.89. The second-order valence-electron chi connectivity index (χ2n) is 5.27. The summed E-state index contributed by atoms with van der Waals surface area (Å²) in [5.41, 5.74) is 5.32. The van der Waals surface area contributed by atoms with Gasteiger partial charge in [-0.25, -0.2) is 8.42 Å². The molecule has 1 atom stereocenters. The van der Waals surface area contributed by atoms with Crippen molar-refractivity contribution in [3.8, 4) is 0 Å². The topological polar surface area (TPSA) is 102 Å². The van der Waals surface area contributed by atoms with E-state index in [2.05, 4.69) is 5.32 Å². The molecule has 1 heterocycles. The fraction of sp³-hybridized carbons (Fsp3) is 0.923. The first-order valence-corrected chi connectivity index (χ1v) is 9.07. The predicted molar refractivity (Wildman–Crippen MR) is 88.6 cm³/mol. The summed E-state index contributed by atoms with van der Waals surface area (Å²) in [6.45, 7) is 1.63. The number of nitrogens with zero attached hydrogens (tertiary/aromatic N) is 1. The van der Waals surface area contributed by atoms with E-state index in [1.165, 1.54) is 0 Å². The summed E-state index contributed by atoms with van der Waals surface area (Å²) in [6.07, 6.45) is 3.40. The highest BCUT2D eigenvalue weighted by atomic mass is 35.5. The summed E-state index contributed by atoms with van der Waals surface area (Å²) in [4.78, 5) is 11.5. The summed E-state index contributed by atoms with van der Waals surface area (Å²) in [5, 5.41) is 2.77. The van der Waals surface area contributed by atoms with Gasteiger partial charge in [-0.2, -0.15) is 4.31 Å². The summed E-state index contributed by atoms with van der Waals surface area (Å²) in [7, 11) is -1.73. The minimum atomic E-state index is -3.29. The Morgan fingerprint density at radius 3 is 2.77 bits per heavy atom. The minimum Gasteiger partial charge on any atom is -0.385 e. The lowest BCUT2D eigenvalue weighted by molar-refractivity contribution is -0.121. The van der Waals surface area contributed by atoms with Crippen molar-refractivity contribution in [2.75, 3.05) is 39.1 Å². The third-order valence-electron chi connectivity index (χ3n) is 3.59. The Morgan fingerprint density at radius 2 is 2.14 bits per heavy atom. The summed E-state index contributed by atoms with van der Waals surface area (Å²) < 4.78 is 31.2. The second kappa shape index (κ2) is 11.2. The number of hydrogen-bond acceptors (Lipinski definition) is 5. The molecule has 7 nitrogen and oxygen atoms in total. The number of carbonyl (C=O) groups excluding carboxylic acids is 1. The molecule has 22 heavy (non-hydrogen) atoms. The van der Waals surface area contributed by atoms with Gasteiger partial charge in [-0.1, -0.05) is 6.42 Å². The first kappa shape index (κ1) is 21.6. The van der Waals surface area contributed by atoms with Gasteiger partial charge in [-0.15, -0.1) is 12.4 Å². The number of sulfonamides is 1. The largest absolute Gasteiger partial charge is 0.385 e. The smallest absolute Gasteiger partial charge is 0.221 e. The Morgan fingerprint density at radius 1 is 1.41 bits per heavy atom. The van der Waals surface area contributed by atoms with Gasteiger partial charge in [0.25, 0.3) is 0 Å². The Kier molecular flexibility index (Phi) is 11.0. The molecule has 0 aromatic rings. The zero-order valence-corrected chi connectivity index (χ0v) is 14.8. The molecule has 3 N–H and O–H groups in total. The van der Waals surface area contributed by atoms with Crippen LogP contribution in [-0.2, 0) is 19.6 Å². The van der Waals surface area contributed by atoms with E-state index in [9.17, 15) is 13.2 Å². The van der Waals surface area contributed by atoms with Gasteiger partial charge in [-0.05, 0) is 19.3 Å². The molecule has 1 unspecified atom stereocenters. The average molecular weight is 358 g/mol. The van der Waals surface area contributed by atoms with Crippen LogP contribution in [0.25, 0.3) is 0 Å². The van der Waals surface area contributed by atoms with Crippen molar-refractivity contribution in [3.63, 3.8) is 0 Å². The molecule has 0 aliphatic carbocycles. The van der Waals surface area contributed by atoms with Crippen molar-refractivity contribution in [1.29, 1.82) is 0 Å². The maximum Gasteiger partial charge on any atom is 0.221 e. The van der Waals surface area contributed by atoms with E-state index in [-0.39, 0.29) is 36.5 Å². The molecule has 0 saturated carbocycles. The van der Waals surface area contributed by atoms with Gasteiger partial charge in [0, 0.05) is 45.8 Å². The Bertz CT molecular complexity index is 420. The van der Waals surface area contributed by atoms with Crippen molar-refractivity contribution < 1.29 is 17.9 Å². The van der Waals surface area contributed by atoms with Crippen LogP contribution >= 0.6 is 12.4 Å². The molecule has 0 radical (unpaired) electrons. The molecular formula is C13H28ClN3O4S. The Hall–Kier alpha value is -0.410. The number of piperidine rings is 1. The zero-order chi connectivity index (χ0) is 15.7. The van der Waals surface area contributed by atoms with Gasteiger partial charge >= 0.3 is 0 Å². The molecule has 1 aliphatic rings. The molecule has 1 aliphatic heterocycles. The lowest BCUT2D eigenvalue weighted by Gasteiger charge is -2.34. The van der Waals surface area contributed by atoms with Crippen LogP contribution in [0.3, 0.4) is 0 Å². The molecule has 132 valence electrons. The van der Waals surface area contributed by atoms with Crippen LogP contribution in [0.1, 0.15) is 32.1 Å². The monoisotopic (exact) mass is 357 g/mol. The molecule has 0 spiro atoms. The molecule has 1 saturated heterocycles. The average Bonchev–Trinajstić information content (AvgIpc) is 2.46. The number of carbonyl (C=O) groups is 1. The summed E-state index contributed by atoms with van der Waals surface area (Å²) in [5.74, 6) is -0.0338. The van der Waals surface area contributed by atoms with E-state index in [0.717, 1.165) is 19.3 Å². The van der Waals surface area contributed by atoms with Crippen LogP contribution in [0.4, 0.5) is 0 Å². The van der Waals surface area contributed by atoms with Gasteiger partial charge < -0.3 is 15.8 Å². The molecule has 0 bridgehead atoms. The van der Waals surface area contributed by atoms with Crippen molar-refractivity contribution in [2.24, 2.45) is 5.73 Å². The van der Waals surface area contributed by atoms with Gasteiger partial charge in [-0.3, -0.25) is 4.79 Å². The summed E-state index contributed by atoms with van der Waals surface area (Å²) in [6, 6.07) is -0.145. The fourth-order valence-electron chi connectivity index (χ4n) is 2.50. The van der Waals surface area contributed by atoms with Crippen LogP contribution in [0.2, 0.25) is 0 Å². The maximum atomic E-state index is 12.4. The van der Waals surface area contributed by atoms with Crippen LogP contribution < -0.4 is 11.1 Å². The van der Waals surface area contributed by atoms with Gasteiger partial charge in [0.15, 0.2) is 0 Å². The van der Waals surface area contributed by atoms with Gasteiger partial charge in [0.1, 0.15) is 0 Å². The third-order valence-corrected chi connectivity index (χ3v) is 5.59. The van der Waals surface area contributed by atoms with Gasteiger partial charge in [0.2, 0.25) is 15.9 Å². The van der Waals surface area contributed by atoms with Crippen molar-refractivity contribution in [2.45, 2.75) is 38.1 Å². The highest BCUT2D eigenvalue weighted by Crippen LogP contribution is 2.20. The minimum absolute atomic E-state index is 0. The van der Waals surface area contributed by atoms with Crippen molar-refractivity contribution in [1.82, 2.24) is 9.62 Å². The number of hydrogen-bond donors (Lipinski definition) is 2. The van der Waals surface area contributed by atoms with E-state index in [1.807, 2.05) is 0 Å². The number of ether oxygens (including phenoxy) is 1. The Labute approximate surface area is 139 Å². The van der Waals surface area contributed by atoms with Crippen LogP contribution in [0, 0.1) is 0 Å². The van der Waals surface area contributed by atoms with Crippen LogP contribution in [0.15, 0.2) is 0 Å². The van der Waals surface area contributed by atoms with E-state index in [1.54, 1.807) is 11.4 Å². The molecule has 1 rings (SSSR count). The first-order chi connectivity index (χ1) is 10.0.